The Labute approximate surface area is 197 Å². The minimum Gasteiger partial charge on any atom is -0.508 e. The summed E-state index contributed by atoms with van der Waals surface area (Å²) in [5.74, 6) is -1.77. The second-order valence-electron chi connectivity index (χ2n) is 7.59. The molecule has 0 aliphatic heterocycles. The van der Waals surface area contributed by atoms with Crippen molar-refractivity contribution >= 4 is 29.8 Å². The van der Waals surface area contributed by atoms with E-state index in [1.807, 2.05) is 30.3 Å². The third-order valence-corrected chi connectivity index (χ3v) is 4.82. The van der Waals surface area contributed by atoms with Crippen LogP contribution >= 0.6 is 0 Å². The fraction of sp³-hybridized carbons (Fsp3) is 0.250. The van der Waals surface area contributed by atoms with E-state index < -0.39 is 29.8 Å². The number of hydrogen-bond donors (Lipinski definition) is 6. The molecule has 0 spiro atoms. The maximum atomic E-state index is 13.0. The van der Waals surface area contributed by atoms with E-state index in [1.165, 1.54) is 24.3 Å². The van der Waals surface area contributed by atoms with Gasteiger partial charge in [0.15, 0.2) is 5.96 Å². The number of guanidine groups is 1. The molecule has 2 rings (SSSR count). The molecule has 10 heteroatoms. The first-order chi connectivity index (χ1) is 16.2. The van der Waals surface area contributed by atoms with Crippen molar-refractivity contribution in [2.75, 3.05) is 6.54 Å². The molecule has 9 N–H and O–H groups in total. The van der Waals surface area contributed by atoms with Gasteiger partial charge in [0.1, 0.15) is 17.8 Å². The zero-order valence-electron chi connectivity index (χ0n) is 18.7. The van der Waals surface area contributed by atoms with Crippen LogP contribution in [0.4, 0.5) is 0 Å². The number of benzene rings is 2. The van der Waals surface area contributed by atoms with Gasteiger partial charge in [-0.3, -0.25) is 19.4 Å². The third-order valence-electron chi connectivity index (χ3n) is 4.82. The third kappa shape index (κ3) is 9.43. The van der Waals surface area contributed by atoms with Gasteiger partial charge in [0, 0.05) is 19.0 Å². The van der Waals surface area contributed by atoms with Gasteiger partial charge in [0.05, 0.1) is 0 Å². The summed E-state index contributed by atoms with van der Waals surface area (Å²) in [4.78, 5) is 41.3. The maximum Gasteiger partial charge on any atom is 0.244 e. The molecule has 0 unspecified atom stereocenters. The van der Waals surface area contributed by atoms with Gasteiger partial charge in [-0.05, 0) is 42.2 Å². The van der Waals surface area contributed by atoms with E-state index in [0.717, 1.165) is 5.56 Å². The number of nitrogens with one attached hydrogen (secondary N) is 2. The van der Waals surface area contributed by atoms with Gasteiger partial charge in [-0.25, -0.2) is 0 Å². The Bertz CT molecular complexity index is 1030. The van der Waals surface area contributed by atoms with Crippen molar-refractivity contribution in [2.24, 2.45) is 22.2 Å². The van der Waals surface area contributed by atoms with Gasteiger partial charge in [-0.15, -0.1) is 0 Å². The van der Waals surface area contributed by atoms with Crippen LogP contribution in [0.5, 0.6) is 5.75 Å². The van der Waals surface area contributed by atoms with Gasteiger partial charge in [-0.1, -0.05) is 42.5 Å². The Balaban J connectivity index is 2.08. The van der Waals surface area contributed by atoms with Crippen LogP contribution in [-0.2, 0) is 20.8 Å². The summed E-state index contributed by atoms with van der Waals surface area (Å²) in [6, 6.07) is 13.6. The highest BCUT2D eigenvalue weighted by Crippen LogP contribution is 2.12. The van der Waals surface area contributed by atoms with Crippen LogP contribution in [0.1, 0.15) is 24.0 Å². The topological polar surface area (TPSA) is 186 Å². The highest BCUT2D eigenvalue weighted by atomic mass is 16.3. The lowest BCUT2D eigenvalue weighted by Crippen LogP contribution is -2.53. The van der Waals surface area contributed by atoms with Crippen LogP contribution in [0, 0.1) is 0 Å². The fourth-order valence-electron chi connectivity index (χ4n) is 3.14. The number of amides is 3. The molecule has 10 nitrogen and oxygen atoms in total. The first-order valence-corrected chi connectivity index (χ1v) is 10.7. The predicted octanol–water partition coefficient (Wildman–Crippen LogP) is 0.157. The molecular formula is C24H30N6O4. The average Bonchev–Trinajstić information content (AvgIpc) is 2.79. The quantitative estimate of drug-likeness (QED) is 0.112. The fourth-order valence-corrected chi connectivity index (χ4v) is 3.14. The lowest BCUT2D eigenvalue weighted by molar-refractivity contribution is -0.130. The molecule has 0 saturated heterocycles. The Morgan fingerprint density at radius 2 is 1.71 bits per heavy atom. The average molecular weight is 467 g/mol. The lowest BCUT2D eigenvalue weighted by Gasteiger charge is -2.21. The normalized spacial score (nSPS) is 12.5. The van der Waals surface area contributed by atoms with E-state index in [2.05, 4.69) is 15.6 Å². The van der Waals surface area contributed by atoms with E-state index in [-0.39, 0.29) is 31.1 Å². The molecule has 0 radical (unpaired) electrons. The van der Waals surface area contributed by atoms with Crippen LogP contribution in [0.2, 0.25) is 0 Å². The monoisotopic (exact) mass is 466 g/mol. The number of nitrogens with zero attached hydrogens (tertiary/aromatic N) is 1. The van der Waals surface area contributed by atoms with Gasteiger partial charge < -0.3 is 32.9 Å². The molecule has 0 heterocycles. The van der Waals surface area contributed by atoms with Gasteiger partial charge >= 0.3 is 0 Å². The SMILES string of the molecule is NC(=O)[C@H](Cc1ccccc1)NC(=O)[C@H](CCCN=C(N)N)NC(=O)/C=C/c1cccc(O)c1. The van der Waals surface area contributed by atoms with Crippen molar-refractivity contribution in [2.45, 2.75) is 31.3 Å². The molecule has 3 amide bonds. The lowest BCUT2D eigenvalue weighted by atomic mass is 10.0. The number of phenolic OH excluding ortho intramolecular Hbond substituents is 1. The number of primary amides is 1. The van der Waals surface area contributed by atoms with Crippen LogP contribution < -0.4 is 27.8 Å². The molecule has 0 aromatic heterocycles. The summed E-state index contributed by atoms with van der Waals surface area (Å²) in [5, 5.41) is 14.8. The van der Waals surface area contributed by atoms with Gasteiger partial charge in [0.25, 0.3) is 0 Å². The molecule has 0 bridgehead atoms. The van der Waals surface area contributed by atoms with Crippen LogP contribution in [0.25, 0.3) is 6.08 Å². The van der Waals surface area contributed by atoms with E-state index >= 15 is 0 Å². The molecule has 2 atom stereocenters. The minimum absolute atomic E-state index is 0.0652. The number of rotatable bonds is 12. The Morgan fingerprint density at radius 1 is 0.971 bits per heavy atom. The van der Waals surface area contributed by atoms with Gasteiger partial charge in [0.2, 0.25) is 17.7 Å². The standard InChI is InChI=1S/C24H30N6O4/c25-22(33)20(15-16-6-2-1-3-7-16)30-23(34)19(10-5-13-28-24(26)27)29-21(32)12-11-17-8-4-9-18(31)14-17/h1-4,6-9,11-12,14,19-20,31H,5,10,13,15H2,(H2,25,33)(H,29,32)(H,30,34)(H4,26,27,28)/b12-11+/t19-,20-/m0/s1. The molecule has 0 aliphatic carbocycles. The zero-order chi connectivity index (χ0) is 24.9. The second kappa shape index (κ2) is 13.3. The maximum absolute atomic E-state index is 13.0. The predicted molar refractivity (Wildman–Crippen MR) is 130 cm³/mol. The number of nitrogens with two attached hydrogens (primary N) is 3. The molecule has 0 saturated carbocycles. The smallest absolute Gasteiger partial charge is 0.244 e. The van der Waals surface area contributed by atoms with Gasteiger partial charge in [-0.2, -0.15) is 0 Å². The molecule has 0 fully saturated rings. The number of phenols is 1. The van der Waals surface area contributed by atoms with Crippen molar-refractivity contribution in [3.8, 4) is 5.75 Å². The number of aliphatic imine (C=N–C) groups is 1. The molecule has 0 aliphatic rings. The van der Waals surface area contributed by atoms with Crippen molar-refractivity contribution < 1.29 is 19.5 Å². The van der Waals surface area contributed by atoms with Crippen LogP contribution in [0.3, 0.4) is 0 Å². The summed E-state index contributed by atoms with van der Waals surface area (Å²) < 4.78 is 0. The highest BCUT2D eigenvalue weighted by Gasteiger charge is 2.25. The molecule has 2 aromatic carbocycles. The molecule has 34 heavy (non-hydrogen) atoms. The van der Waals surface area contributed by atoms with E-state index in [1.54, 1.807) is 12.1 Å². The van der Waals surface area contributed by atoms with Crippen molar-refractivity contribution in [1.82, 2.24) is 10.6 Å². The number of hydrogen-bond acceptors (Lipinski definition) is 5. The van der Waals surface area contributed by atoms with E-state index in [4.69, 9.17) is 17.2 Å². The van der Waals surface area contributed by atoms with Crippen molar-refractivity contribution in [1.29, 1.82) is 0 Å². The largest absolute Gasteiger partial charge is 0.508 e. The Kier molecular flexibility index (Phi) is 10.1. The number of aromatic hydroxyl groups is 1. The minimum atomic E-state index is -0.951. The molecular weight excluding hydrogens is 436 g/mol. The van der Waals surface area contributed by atoms with Crippen molar-refractivity contribution in [3.05, 3.63) is 71.8 Å². The second-order valence-corrected chi connectivity index (χ2v) is 7.59. The van der Waals surface area contributed by atoms with Crippen LogP contribution in [0.15, 0.2) is 65.7 Å². The summed E-state index contributed by atoms with van der Waals surface area (Å²) in [5.41, 5.74) is 17.6. The summed E-state index contributed by atoms with van der Waals surface area (Å²) >= 11 is 0. The first kappa shape index (κ1) is 25.9. The van der Waals surface area contributed by atoms with E-state index in [9.17, 15) is 19.5 Å². The summed E-state index contributed by atoms with van der Waals surface area (Å²) in [6.45, 7) is 0.268. The van der Waals surface area contributed by atoms with Crippen molar-refractivity contribution in [3.63, 3.8) is 0 Å². The highest BCUT2D eigenvalue weighted by molar-refractivity contribution is 5.96. The number of carbonyl (C=O) groups is 3. The first-order valence-electron chi connectivity index (χ1n) is 10.7. The van der Waals surface area contributed by atoms with Crippen LogP contribution in [-0.4, -0.2) is 47.4 Å². The molecule has 2 aromatic rings. The number of carbonyl (C=O) groups excluding carboxylic acids is 3. The Hall–Kier alpha value is -4.34. The summed E-state index contributed by atoms with van der Waals surface area (Å²) in [7, 11) is 0. The Morgan fingerprint density at radius 3 is 2.35 bits per heavy atom. The van der Waals surface area contributed by atoms with E-state index in [0.29, 0.717) is 12.0 Å². The molecule has 180 valence electrons. The summed E-state index contributed by atoms with van der Waals surface area (Å²) in [6.07, 6.45) is 3.61. The zero-order valence-corrected chi connectivity index (χ0v) is 18.7.